The number of carbonyl (C=O) groups excluding carboxylic acids is 2. The van der Waals surface area contributed by atoms with Gasteiger partial charge in [0.25, 0.3) is 11.8 Å². The van der Waals surface area contributed by atoms with E-state index in [9.17, 15) is 19.5 Å². The van der Waals surface area contributed by atoms with Gasteiger partial charge in [0.15, 0.2) is 0 Å². The van der Waals surface area contributed by atoms with Crippen molar-refractivity contribution in [3.63, 3.8) is 0 Å². The fourth-order valence-corrected chi connectivity index (χ4v) is 3.82. The average Bonchev–Trinajstić information content (AvgIpc) is 3.11. The van der Waals surface area contributed by atoms with Gasteiger partial charge in [-0.3, -0.25) is 14.5 Å². The summed E-state index contributed by atoms with van der Waals surface area (Å²) in [6.45, 7) is 0.0349. The van der Waals surface area contributed by atoms with E-state index in [1.165, 1.54) is 24.3 Å². The molecule has 0 aromatic heterocycles. The van der Waals surface area contributed by atoms with E-state index >= 15 is 0 Å². The highest BCUT2D eigenvalue weighted by molar-refractivity contribution is 6.13. The lowest BCUT2D eigenvalue weighted by Gasteiger charge is -2.20. The van der Waals surface area contributed by atoms with Gasteiger partial charge in [0.2, 0.25) is 0 Å². The second kappa shape index (κ2) is 8.99. The lowest BCUT2D eigenvalue weighted by atomic mass is 9.95. The van der Waals surface area contributed by atoms with Crippen LogP contribution < -0.4 is 0 Å². The molecule has 6 nitrogen and oxygen atoms in total. The lowest BCUT2D eigenvalue weighted by Crippen LogP contribution is -2.32. The first-order valence-corrected chi connectivity index (χ1v) is 10.1. The van der Waals surface area contributed by atoms with Gasteiger partial charge in [0, 0.05) is 18.6 Å². The molecule has 1 aliphatic heterocycles. The molecule has 32 heavy (non-hydrogen) atoms. The van der Waals surface area contributed by atoms with Crippen molar-refractivity contribution in [2.75, 3.05) is 6.54 Å². The van der Waals surface area contributed by atoms with E-state index in [0.717, 1.165) is 21.2 Å². The maximum Gasteiger partial charge on any atom is 0.335 e. The molecule has 0 spiro atoms. The summed E-state index contributed by atoms with van der Waals surface area (Å²) >= 11 is 0. The second-order valence-electron chi connectivity index (χ2n) is 7.61. The molecule has 4 rings (SSSR count). The van der Waals surface area contributed by atoms with Crippen LogP contribution in [0.25, 0.3) is 16.8 Å². The summed E-state index contributed by atoms with van der Waals surface area (Å²) in [4.78, 5) is 36.4. The number of fused-ring (bicyclic) bond motifs is 1. The van der Waals surface area contributed by atoms with Crippen LogP contribution in [0.15, 0.2) is 84.5 Å². The van der Waals surface area contributed by atoms with Gasteiger partial charge in [-0.1, -0.05) is 60.7 Å². The van der Waals surface area contributed by atoms with Gasteiger partial charge in [-0.15, -0.1) is 0 Å². The number of hydrogen-bond donors (Lipinski definition) is 2. The number of aliphatic hydroxyl groups is 1. The Morgan fingerprint density at radius 1 is 0.906 bits per heavy atom. The molecular formula is C26H21NO5. The molecule has 3 aromatic carbocycles. The van der Waals surface area contributed by atoms with E-state index < -0.39 is 23.9 Å². The van der Waals surface area contributed by atoms with Crippen molar-refractivity contribution in [3.8, 4) is 0 Å². The first-order chi connectivity index (χ1) is 15.4. The van der Waals surface area contributed by atoms with Crippen LogP contribution in [0.1, 0.15) is 34.0 Å². The fraction of sp³-hybridized carbons (Fsp3) is 0.115. The number of hydrogen-bond acceptors (Lipinski definition) is 4. The molecule has 0 saturated carbocycles. The van der Waals surface area contributed by atoms with Crippen molar-refractivity contribution >= 4 is 34.6 Å². The van der Waals surface area contributed by atoms with Gasteiger partial charge in [-0.2, -0.15) is 0 Å². The second-order valence-corrected chi connectivity index (χ2v) is 7.61. The van der Waals surface area contributed by atoms with Gasteiger partial charge in [-0.05, 0) is 39.6 Å². The first-order valence-electron chi connectivity index (χ1n) is 10.1. The molecule has 0 fully saturated rings. The van der Waals surface area contributed by atoms with Gasteiger partial charge >= 0.3 is 5.97 Å². The van der Waals surface area contributed by atoms with Crippen LogP contribution in [0.4, 0.5) is 0 Å². The Morgan fingerprint density at radius 2 is 1.56 bits per heavy atom. The Kier molecular flexibility index (Phi) is 5.96. The van der Waals surface area contributed by atoms with Crippen LogP contribution in [-0.2, 0) is 9.59 Å². The number of rotatable bonds is 7. The van der Waals surface area contributed by atoms with E-state index in [0.29, 0.717) is 11.1 Å². The highest BCUT2D eigenvalue weighted by Crippen LogP contribution is 2.29. The minimum atomic E-state index is -1.02. The Bertz CT molecular complexity index is 1230. The average molecular weight is 427 g/mol. The van der Waals surface area contributed by atoms with E-state index in [2.05, 4.69) is 0 Å². The molecule has 3 aromatic rings. The zero-order valence-electron chi connectivity index (χ0n) is 17.1. The highest BCUT2D eigenvalue weighted by atomic mass is 16.4. The fourth-order valence-electron chi connectivity index (χ4n) is 3.82. The van der Waals surface area contributed by atoms with Crippen molar-refractivity contribution in [1.82, 2.24) is 4.90 Å². The lowest BCUT2D eigenvalue weighted by molar-refractivity contribution is -0.136. The number of imide groups is 1. The number of aromatic carboxylic acids is 1. The Balaban J connectivity index is 1.66. The van der Waals surface area contributed by atoms with Gasteiger partial charge in [0.1, 0.15) is 0 Å². The van der Waals surface area contributed by atoms with Crippen molar-refractivity contribution in [1.29, 1.82) is 0 Å². The summed E-state index contributed by atoms with van der Waals surface area (Å²) in [5.41, 5.74) is 2.29. The summed E-state index contributed by atoms with van der Waals surface area (Å²) in [6, 6.07) is 19.8. The van der Waals surface area contributed by atoms with Gasteiger partial charge < -0.3 is 10.2 Å². The molecule has 1 unspecified atom stereocenters. The normalized spacial score (nSPS) is 14.9. The van der Waals surface area contributed by atoms with Crippen LogP contribution in [-0.4, -0.2) is 39.4 Å². The Morgan fingerprint density at radius 3 is 2.25 bits per heavy atom. The predicted molar refractivity (Wildman–Crippen MR) is 121 cm³/mol. The SMILES string of the molecule is O=C(O)c1ccc(C=C(CC(O)c2cccc3ccccc23)CN2C(=O)C=CC2=O)cc1. The molecule has 1 aliphatic rings. The molecule has 2 amide bonds. The molecule has 0 bridgehead atoms. The molecule has 2 N–H and O–H groups in total. The zero-order chi connectivity index (χ0) is 22.7. The third kappa shape index (κ3) is 4.50. The number of nitrogens with zero attached hydrogens (tertiary/aromatic N) is 1. The number of benzene rings is 3. The minimum absolute atomic E-state index is 0.0349. The van der Waals surface area contributed by atoms with Gasteiger partial charge in [-0.25, -0.2) is 4.79 Å². The third-order valence-electron chi connectivity index (χ3n) is 5.43. The maximum atomic E-state index is 12.1. The van der Waals surface area contributed by atoms with Crippen LogP contribution in [0.2, 0.25) is 0 Å². The molecule has 6 heteroatoms. The van der Waals surface area contributed by atoms with Crippen molar-refractivity contribution in [3.05, 3.63) is 101 Å². The molecule has 0 saturated heterocycles. The van der Waals surface area contributed by atoms with E-state index in [1.54, 1.807) is 18.2 Å². The molecule has 0 aliphatic carbocycles. The zero-order valence-corrected chi connectivity index (χ0v) is 17.1. The van der Waals surface area contributed by atoms with Crippen molar-refractivity contribution < 1.29 is 24.6 Å². The quantitative estimate of drug-likeness (QED) is 0.557. The summed E-state index contributed by atoms with van der Waals surface area (Å²) < 4.78 is 0. The highest BCUT2D eigenvalue weighted by Gasteiger charge is 2.25. The van der Waals surface area contributed by atoms with E-state index in [4.69, 9.17) is 5.11 Å². The minimum Gasteiger partial charge on any atom is -0.478 e. The van der Waals surface area contributed by atoms with Gasteiger partial charge in [0.05, 0.1) is 18.2 Å². The third-order valence-corrected chi connectivity index (χ3v) is 5.43. The summed E-state index contributed by atoms with van der Waals surface area (Å²) in [7, 11) is 0. The Hall–Kier alpha value is -4.03. The first kappa shape index (κ1) is 21.2. The van der Waals surface area contributed by atoms with E-state index in [-0.39, 0.29) is 18.5 Å². The summed E-state index contributed by atoms with van der Waals surface area (Å²) in [5, 5.41) is 22.1. The molecule has 1 atom stereocenters. The Labute approximate surface area is 184 Å². The van der Waals surface area contributed by atoms with E-state index in [1.807, 2.05) is 42.5 Å². The molecule has 1 heterocycles. The number of carboxylic acid groups (broad SMARTS) is 1. The molecule has 160 valence electrons. The number of aliphatic hydroxyl groups excluding tert-OH is 1. The van der Waals surface area contributed by atoms with Crippen molar-refractivity contribution in [2.24, 2.45) is 0 Å². The monoisotopic (exact) mass is 427 g/mol. The maximum absolute atomic E-state index is 12.1. The summed E-state index contributed by atoms with van der Waals surface area (Å²) in [6.07, 6.45) is 3.57. The van der Waals surface area contributed by atoms with Crippen LogP contribution in [0, 0.1) is 0 Å². The number of carboxylic acids is 1. The van der Waals surface area contributed by atoms with Crippen LogP contribution >= 0.6 is 0 Å². The topological polar surface area (TPSA) is 94.9 Å². The smallest absolute Gasteiger partial charge is 0.335 e. The van der Waals surface area contributed by atoms with Crippen LogP contribution in [0.3, 0.4) is 0 Å². The number of amides is 2. The summed E-state index contributed by atoms with van der Waals surface area (Å²) in [5.74, 6) is -1.82. The molecular weight excluding hydrogens is 406 g/mol. The van der Waals surface area contributed by atoms with Crippen molar-refractivity contribution in [2.45, 2.75) is 12.5 Å². The number of carbonyl (C=O) groups is 3. The molecule has 0 radical (unpaired) electrons. The predicted octanol–water partition coefficient (Wildman–Crippen LogP) is 3.97. The standard InChI is InChI=1S/C26H21NO5/c28-23(22-7-3-5-19-4-1-2-6-21(19)22)15-18(16-27-24(29)12-13-25(27)30)14-17-8-10-20(11-9-17)26(31)32/h1-14,23,28H,15-16H2,(H,31,32). The largest absolute Gasteiger partial charge is 0.478 e. The van der Waals surface area contributed by atoms with Crippen LogP contribution in [0.5, 0.6) is 0 Å².